The van der Waals surface area contributed by atoms with Gasteiger partial charge in [-0.05, 0) is 40.2 Å². The predicted molar refractivity (Wildman–Crippen MR) is 79.1 cm³/mol. The lowest BCUT2D eigenvalue weighted by atomic mass is 10.0. The molecule has 0 aliphatic carbocycles. The third-order valence-electron chi connectivity index (χ3n) is 2.42. The number of thiophene rings is 1. The summed E-state index contributed by atoms with van der Waals surface area (Å²) < 4.78 is 1.10. The number of rotatable bonds is 3. The Labute approximate surface area is 123 Å². The van der Waals surface area contributed by atoms with Crippen LogP contribution in [0.4, 0.5) is 0 Å². The van der Waals surface area contributed by atoms with Gasteiger partial charge >= 0.3 is 0 Å². The summed E-state index contributed by atoms with van der Waals surface area (Å²) in [6.45, 7) is 0. The summed E-state index contributed by atoms with van der Waals surface area (Å²) in [5, 5.41) is 1.25. The summed E-state index contributed by atoms with van der Waals surface area (Å²) in [5.41, 5.74) is 6.98. The van der Waals surface area contributed by atoms with Crippen LogP contribution in [0.2, 0.25) is 10.0 Å². The van der Waals surface area contributed by atoms with Crippen molar-refractivity contribution in [3.05, 3.63) is 54.6 Å². The number of benzene rings is 1. The maximum Gasteiger partial charge on any atom is 0.0701 e. The van der Waals surface area contributed by atoms with E-state index in [4.69, 9.17) is 28.9 Å². The Morgan fingerprint density at radius 2 is 1.82 bits per heavy atom. The van der Waals surface area contributed by atoms with Gasteiger partial charge in [0, 0.05) is 32.9 Å². The average Bonchev–Trinajstić information content (AvgIpc) is 2.63. The molecule has 17 heavy (non-hydrogen) atoms. The molecule has 90 valence electrons. The molecule has 2 aromatic rings. The maximum atomic E-state index is 6.16. The van der Waals surface area contributed by atoms with Crippen molar-refractivity contribution in [1.29, 1.82) is 0 Å². The zero-order chi connectivity index (χ0) is 12.4. The fourth-order valence-corrected chi connectivity index (χ4v) is 3.86. The summed E-state index contributed by atoms with van der Waals surface area (Å²) in [4.78, 5) is 1.21. The van der Waals surface area contributed by atoms with Gasteiger partial charge in [0.05, 0.1) is 3.79 Å². The predicted octanol–water partition coefficient (Wildman–Crippen LogP) is 5.06. The molecular weight excluding hydrogens is 341 g/mol. The first-order valence-corrected chi connectivity index (χ1v) is 7.38. The maximum absolute atomic E-state index is 6.16. The van der Waals surface area contributed by atoms with Gasteiger partial charge in [-0.3, -0.25) is 0 Å². The lowest BCUT2D eigenvalue weighted by molar-refractivity contribution is 0.731. The third kappa shape index (κ3) is 3.24. The van der Waals surface area contributed by atoms with E-state index in [1.165, 1.54) is 4.88 Å². The van der Waals surface area contributed by atoms with E-state index in [0.717, 1.165) is 15.8 Å². The number of hydrogen-bond acceptors (Lipinski definition) is 2. The minimum atomic E-state index is -0.179. The molecule has 0 amide bonds. The lowest BCUT2D eigenvalue weighted by Gasteiger charge is -2.14. The molecule has 1 nitrogen and oxygen atoms in total. The van der Waals surface area contributed by atoms with E-state index < -0.39 is 0 Å². The van der Waals surface area contributed by atoms with Crippen LogP contribution in [0.15, 0.2) is 34.1 Å². The molecule has 0 fully saturated rings. The Balaban J connectivity index is 2.22. The highest BCUT2D eigenvalue weighted by molar-refractivity contribution is 9.11. The second-order valence-corrected chi connectivity index (χ2v) is 7.01. The minimum absolute atomic E-state index is 0.179. The summed E-state index contributed by atoms with van der Waals surface area (Å²) in [6.07, 6.45) is 0.736. The van der Waals surface area contributed by atoms with Crippen molar-refractivity contribution in [2.45, 2.75) is 12.5 Å². The van der Waals surface area contributed by atoms with E-state index in [1.54, 1.807) is 11.3 Å². The fourth-order valence-electron chi connectivity index (χ4n) is 1.65. The molecule has 0 saturated carbocycles. The van der Waals surface area contributed by atoms with Crippen LogP contribution in [0.25, 0.3) is 0 Å². The molecule has 2 rings (SSSR count). The Morgan fingerprint density at radius 3 is 2.35 bits per heavy atom. The van der Waals surface area contributed by atoms with E-state index in [1.807, 2.05) is 24.3 Å². The second-order valence-electron chi connectivity index (χ2n) is 3.65. The molecule has 0 saturated heterocycles. The average molecular weight is 351 g/mol. The largest absolute Gasteiger partial charge is 0.324 e. The SMILES string of the molecule is NC(Cc1ccc(Br)s1)c1c(Cl)cccc1Cl. The summed E-state index contributed by atoms with van der Waals surface area (Å²) in [7, 11) is 0. The Bertz CT molecular complexity index is 507. The number of nitrogens with two attached hydrogens (primary N) is 1. The standard InChI is InChI=1S/C12H10BrCl2NS/c13-11-5-4-7(17-11)6-10(16)12-8(14)2-1-3-9(12)15/h1-5,10H,6,16H2. The normalized spacial score (nSPS) is 12.7. The molecule has 1 atom stereocenters. The quantitative estimate of drug-likeness (QED) is 0.822. The van der Waals surface area contributed by atoms with Gasteiger partial charge in [-0.1, -0.05) is 29.3 Å². The lowest BCUT2D eigenvalue weighted by Crippen LogP contribution is -2.13. The van der Waals surface area contributed by atoms with Crippen LogP contribution in [-0.2, 0) is 6.42 Å². The molecule has 1 heterocycles. The van der Waals surface area contributed by atoms with Crippen LogP contribution >= 0.6 is 50.5 Å². The molecule has 1 aromatic carbocycles. The number of hydrogen-bond donors (Lipinski definition) is 1. The van der Waals surface area contributed by atoms with Crippen molar-refractivity contribution >= 4 is 50.5 Å². The van der Waals surface area contributed by atoms with Gasteiger partial charge in [-0.2, -0.15) is 0 Å². The first kappa shape index (κ1) is 13.4. The van der Waals surface area contributed by atoms with Gasteiger partial charge in [0.15, 0.2) is 0 Å². The van der Waals surface area contributed by atoms with E-state index >= 15 is 0 Å². The van der Waals surface area contributed by atoms with Crippen molar-refractivity contribution in [3.63, 3.8) is 0 Å². The Kier molecular flexibility index (Phi) is 4.50. The molecule has 0 aliphatic heterocycles. The molecule has 1 aromatic heterocycles. The van der Waals surface area contributed by atoms with Crippen LogP contribution < -0.4 is 5.73 Å². The highest BCUT2D eigenvalue weighted by atomic mass is 79.9. The summed E-state index contributed by atoms with van der Waals surface area (Å²) >= 11 is 17.4. The second kappa shape index (κ2) is 5.72. The Hall–Kier alpha value is -0.0600. The van der Waals surface area contributed by atoms with Crippen molar-refractivity contribution in [2.24, 2.45) is 5.73 Å². The molecule has 0 bridgehead atoms. The molecule has 5 heteroatoms. The first-order valence-electron chi connectivity index (χ1n) is 5.01. The van der Waals surface area contributed by atoms with Crippen LogP contribution in [0.5, 0.6) is 0 Å². The van der Waals surface area contributed by atoms with E-state index in [9.17, 15) is 0 Å². The van der Waals surface area contributed by atoms with Gasteiger partial charge < -0.3 is 5.73 Å². The molecule has 2 N–H and O–H groups in total. The monoisotopic (exact) mass is 349 g/mol. The van der Waals surface area contributed by atoms with Gasteiger partial charge in [-0.25, -0.2) is 0 Å². The van der Waals surface area contributed by atoms with Crippen molar-refractivity contribution in [2.75, 3.05) is 0 Å². The van der Waals surface area contributed by atoms with Crippen molar-refractivity contribution in [1.82, 2.24) is 0 Å². The van der Waals surface area contributed by atoms with Gasteiger partial charge in [0.25, 0.3) is 0 Å². The first-order chi connectivity index (χ1) is 8.08. The van der Waals surface area contributed by atoms with Crippen LogP contribution in [0.3, 0.4) is 0 Å². The highest BCUT2D eigenvalue weighted by Gasteiger charge is 2.15. The molecular formula is C12H10BrCl2NS. The van der Waals surface area contributed by atoms with E-state index in [2.05, 4.69) is 22.0 Å². The molecule has 0 radical (unpaired) electrons. The van der Waals surface area contributed by atoms with E-state index in [-0.39, 0.29) is 6.04 Å². The van der Waals surface area contributed by atoms with Gasteiger partial charge in [0.1, 0.15) is 0 Å². The van der Waals surface area contributed by atoms with Crippen LogP contribution in [-0.4, -0.2) is 0 Å². The van der Waals surface area contributed by atoms with Crippen molar-refractivity contribution < 1.29 is 0 Å². The van der Waals surface area contributed by atoms with Gasteiger partial charge in [-0.15, -0.1) is 11.3 Å². The molecule has 0 spiro atoms. The fraction of sp³-hybridized carbons (Fsp3) is 0.167. The zero-order valence-electron chi connectivity index (χ0n) is 8.79. The smallest absolute Gasteiger partial charge is 0.0701 e. The van der Waals surface area contributed by atoms with Crippen LogP contribution in [0, 0.1) is 0 Å². The topological polar surface area (TPSA) is 26.0 Å². The third-order valence-corrected chi connectivity index (χ3v) is 4.73. The highest BCUT2D eigenvalue weighted by Crippen LogP contribution is 2.32. The summed E-state index contributed by atoms with van der Waals surface area (Å²) in [5.74, 6) is 0. The minimum Gasteiger partial charge on any atom is -0.324 e. The number of halogens is 3. The van der Waals surface area contributed by atoms with Gasteiger partial charge in [0.2, 0.25) is 0 Å². The Morgan fingerprint density at radius 1 is 1.18 bits per heavy atom. The van der Waals surface area contributed by atoms with Crippen LogP contribution in [0.1, 0.15) is 16.5 Å². The summed E-state index contributed by atoms with van der Waals surface area (Å²) in [6, 6.07) is 9.34. The van der Waals surface area contributed by atoms with E-state index in [0.29, 0.717) is 10.0 Å². The molecule has 0 aliphatic rings. The van der Waals surface area contributed by atoms with Crippen molar-refractivity contribution in [3.8, 4) is 0 Å². The zero-order valence-corrected chi connectivity index (χ0v) is 12.7. The molecule has 1 unspecified atom stereocenters.